The second-order valence-electron chi connectivity index (χ2n) is 28.0. The van der Waals surface area contributed by atoms with Gasteiger partial charge in [0.05, 0.1) is 27.5 Å². The molecule has 0 spiro atoms. The van der Waals surface area contributed by atoms with Crippen molar-refractivity contribution in [3.63, 3.8) is 0 Å². The molecular formula is C74H78BN3SSi2. The fraction of sp³-hybridized carbons (Fsp3) is 0.243. The summed E-state index contributed by atoms with van der Waals surface area (Å²) in [4.78, 5) is 7.82. The normalized spacial score (nSPS) is 13.5. The highest BCUT2D eigenvalue weighted by Crippen LogP contribution is 2.52. The van der Waals surface area contributed by atoms with E-state index in [1.165, 1.54) is 104 Å². The van der Waals surface area contributed by atoms with Gasteiger partial charge < -0.3 is 14.7 Å². The molecule has 0 N–H and O–H groups in total. The average molecular weight is 1110 g/mol. The van der Waals surface area contributed by atoms with E-state index < -0.39 is 16.1 Å². The largest absolute Gasteiger partial charge is 0.311 e. The van der Waals surface area contributed by atoms with Crippen LogP contribution in [0.25, 0.3) is 32.3 Å². The quantitative estimate of drug-likeness (QED) is 0.133. The second kappa shape index (κ2) is 19.8. The van der Waals surface area contributed by atoms with E-state index in [-0.39, 0.29) is 23.0 Å². The van der Waals surface area contributed by atoms with Crippen LogP contribution in [0.3, 0.4) is 0 Å². The van der Waals surface area contributed by atoms with Crippen LogP contribution in [0.15, 0.2) is 200 Å². The van der Waals surface area contributed by atoms with Crippen molar-refractivity contribution in [2.45, 2.75) is 118 Å². The highest BCUT2D eigenvalue weighted by atomic mass is 32.1. The summed E-state index contributed by atoms with van der Waals surface area (Å²) < 4.78 is 2.67. The van der Waals surface area contributed by atoms with Crippen LogP contribution in [0.2, 0.25) is 39.3 Å². The number of hydrogen-bond acceptors (Lipinski definition) is 4. The predicted octanol–water partition coefficient (Wildman–Crippen LogP) is 18.8. The minimum Gasteiger partial charge on any atom is -0.311 e. The van der Waals surface area contributed by atoms with E-state index in [4.69, 9.17) is 0 Å². The molecule has 0 amide bonds. The topological polar surface area (TPSA) is 9.72 Å². The standard InChI is InChI=1S/C74H78BN3SSi2/c1-72(2,3)52-26-31-57(32-27-52)77-65-48-64(76(55-35-39-59(40-36-55)80(10,11)12)56-37-41-60(42-38-56)81(13,14)15)61(50-24-20-17-21-25-50)47-63(65)75-69-66(77)44-51(49-22-18-16-19-23-49)45-67(69)78(58-33-28-53(29-34-58)73(4,5)6)70-62-46-54(74(7,8)9)30-43-68(62)79-71(70)75/h16-48H,1-15H3. The van der Waals surface area contributed by atoms with Gasteiger partial charge in [0.15, 0.2) is 0 Å². The van der Waals surface area contributed by atoms with E-state index >= 15 is 0 Å². The summed E-state index contributed by atoms with van der Waals surface area (Å²) in [7, 11) is -3.22. The molecule has 0 saturated heterocycles. The number of benzene rings is 9. The van der Waals surface area contributed by atoms with Crippen LogP contribution in [0.4, 0.5) is 51.2 Å². The van der Waals surface area contributed by atoms with Gasteiger partial charge in [-0.3, -0.25) is 0 Å². The van der Waals surface area contributed by atoms with E-state index in [9.17, 15) is 0 Å². The minimum absolute atomic E-state index is 0.00621. The van der Waals surface area contributed by atoms with Gasteiger partial charge in [-0.05, 0) is 139 Å². The maximum Gasteiger partial charge on any atom is 0.264 e. The molecule has 2 aliphatic rings. The SMILES string of the molecule is CC(C)(C)c1ccc(N2c3cc(N(c4ccc([Si](C)(C)C)cc4)c4ccc([Si](C)(C)C)cc4)c(-c4ccccc4)cc3B3c4sc5ccc(C(C)(C)C)cc5c4N(c4ccc(C(C)(C)C)cc4)c4cc(-c5ccccc5)cc2c43)cc1. The summed E-state index contributed by atoms with van der Waals surface area (Å²) in [5.41, 5.74) is 21.9. The van der Waals surface area contributed by atoms with Crippen LogP contribution < -0.4 is 40.8 Å². The molecule has 0 saturated carbocycles. The number of fused-ring (bicyclic) bond motifs is 6. The zero-order chi connectivity index (χ0) is 57.1. The minimum atomic E-state index is -1.61. The Kier molecular flexibility index (Phi) is 13.3. The maximum absolute atomic E-state index is 2.64. The molecule has 0 unspecified atom stereocenters. The Labute approximate surface area is 490 Å². The van der Waals surface area contributed by atoms with E-state index in [2.05, 4.69) is 316 Å². The Balaban J connectivity index is 1.23. The summed E-state index contributed by atoms with van der Waals surface area (Å²) in [5, 5.41) is 4.20. The lowest BCUT2D eigenvalue weighted by Gasteiger charge is -2.44. The lowest BCUT2D eigenvalue weighted by molar-refractivity contribution is 0.590. The molecule has 81 heavy (non-hydrogen) atoms. The molecule has 0 bridgehead atoms. The third-order valence-electron chi connectivity index (χ3n) is 17.0. The van der Waals surface area contributed by atoms with Crippen molar-refractivity contribution in [2.75, 3.05) is 14.7 Å². The summed E-state index contributed by atoms with van der Waals surface area (Å²) >= 11 is 1.98. The third kappa shape index (κ3) is 9.93. The van der Waals surface area contributed by atoms with Gasteiger partial charge in [-0.1, -0.05) is 233 Å². The van der Waals surface area contributed by atoms with Crippen LogP contribution in [0.1, 0.15) is 79.0 Å². The van der Waals surface area contributed by atoms with Crippen molar-refractivity contribution in [1.82, 2.24) is 0 Å². The summed E-state index contributed by atoms with van der Waals surface area (Å²) in [6.07, 6.45) is 0. The van der Waals surface area contributed by atoms with Gasteiger partial charge in [0, 0.05) is 60.2 Å². The molecule has 406 valence electrons. The Hall–Kier alpha value is -7.16. The first-order chi connectivity index (χ1) is 38.3. The van der Waals surface area contributed by atoms with Crippen molar-refractivity contribution < 1.29 is 0 Å². The highest BCUT2D eigenvalue weighted by Gasteiger charge is 2.47. The lowest BCUT2D eigenvalue weighted by Crippen LogP contribution is -2.60. The van der Waals surface area contributed by atoms with Gasteiger partial charge in [0.25, 0.3) is 6.71 Å². The molecule has 1 aromatic heterocycles. The van der Waals surface area contributed by atoms with Gasteiger partial charge >= 0.3 is 0 Å². The third-order valence-corrected chi connectivity index (χ3v) is 22.4. The first-order valence-corrected chi connectivity index (χ1v) is 37.0. The highest BCUT2D eigenvalue weighted by molar-refractivity contribution is 7.33. The Morgan fingerprint density at radius 2 is 0.877 bits per heavy atom. The molecule has 12 rings (SSSR count). The number of nitrogens with zero attached hydrogens (tertiary/aromatic N) is 3. The van der Waals surface area contributed by atoms with Gasteiger partial charge in [0.1, 0.15) is 0 Å². The monoisotopic (exact) mass is 1110 g/mol. The molecule has 3 nitrogen and oxygen atoms in total. The van der Waals surface area contributed by atoms with Crippen molar-refractivity contribution in [3.05, 3.63) is 217 Å². The number of hydrogen-bond donors (Lipinski definition) is 0. The average Bonchev–Trinajstić information content (AvgIpc) is 3.93. The smallest absolute Gasteiger partial charge is 0.264 e. The van der Waals surface area contributed by atoms with Crippen LogP contribution in [0, 0.1) is 0 Å². The molecule has 0 fully saturated rings. The molecule has 0 atom stereocenters. The first-order valence-electron chi connectivity index (χ1n) is 29.2. The van der Waals surface area contributed by atoms with Crippen molar-refractivity contribution in [2.24, 2.45) is 0 Å². The van der Waals surface area contributed by atoms with Crippen molar-refractivity contribution in [1.29, 1.82) is 0 Å². The van der Waals surface area contributed by atoms with Crippen molar-refractivity contribution >= 4 is 122 Å². The van der Waals surface area contributed by atoms with Gasteiger partial charge in [-0.2, -0.15) is 0 Å². The number of thiophene rings is 1. The molecule has 2 aliphatic heterocycles. The molecule has 3 heterocycles. The summed E-state index contributed by atoms with van der Waals surface area (Å²) in [6.45, 7) is 35.5. The second-order valence-corrected chi connectivity index (χ2v) is 39.2. The lowest BCUT2D eigenvalue weighted by atomic mass is 9.36. The molecule has 9 aromatic carbocycles. The zero-order valence-electron chi connectivity index (χ0n) is 50.4. The Morgan fingerprint density at radius 1 is 0.420 bits per heavy atom. The van der Waals surface area contributed by atoms with Crippen LogP contribution >= 0.6 is 11.3 Å². The van der Waals surface area contributed by atoms with Crippen LogP contribution in [0.5, 0.6) is 0 Å². The van der Waals surface area contributed by atoms with Gasteiger partial charge in [-0.15, -0.1) is 11.3 Å². The molecule has 0 aliphatic carbocycles. The molecule has 7 heteroatoms. The van der Waals surface area contributed by atoms with E-state index in [1.807, 2.05) is 11.3 Å². The van der Waals surface area contributed by atoms with Crippen LogP contribution in [-0.2, 0) is 16.2 Å². The fourth-order valence-electron chi connectivity index (χ4n) is 12.2. The maximum atomic E-state index is 2.64. The summed E-state index contributed by atoms with van der Waals surface area (Å²) in [5.74, 6) is 0. The van der Waals surface area contributed by atoms with Crippen LogP contribution in [-0.4, -0.2) is 22.9 Å². The van der Waals surface area contributed by atoms with Crippen molar-refractivity contribution in [3.8, 4) is 22.3 Å². The molecule has 10 aromatic rings. The molecule has 0 radical (unpaired) electrons. The fourth-order valence-corrected chi connectivity index (χ4v) is 15.9. The Morgan fingerprint density at radius 3 is 1.36 bits per heavy atom. The number of anilines is 9. The van der Waals surface area contributed by atoms with Gasteiger partial charge in [0.2, 0.25) is 0 Å². The summed E-state index contributed by atoms with van der Waals surface area (Å²) in [6, 6.07) is 77.8. The molecular weight excluding hydrogens is 1030 g/mol. The predicted molar refractivity (Wildman–Crippen MR) is 363 cm³/mol. The zero-order valence-corrected chi connectivity index (χ0v) is 53.2. The first kappa shape index (κ1) is 54.4. The van der Waals surface area contributed by atoms with E-state index in [0.717, 1.165) is 22.7 Å². The Bertz CT molecular complexity index is 3930. The van der Waals surface area contributed by atoms with Gasteiger partial charge in [-0.25, -0.2) is 0 Å². The number of rotatable bonds is 9. The van der Waals surface area contributed by atoms with E-state index in [1.54, 1.807) is 0 Å². The van der Waals surface area contributed by atoms with E-state index in [0.29, 0.717) is 0 Å².